The van der Waals surface area contributed by atoms with Gasteiger partial charge in [-0.3, -0.25) is 4.98 Å². The van der Waals surface area contributed by atoms with Crippen molar-refractivity contribution in [3.05, 3.63) is 54.2 Å². The number of pyridine rings is 1. The molecule has 1 fully saturated rings. The molecule has 1 aliphatic rings. The number of benzene rings is 1. The molecule has 6 heteroatoms. The van der Waals surface area contributed by atoms with Crippen molar-refractivity contribution in [3.63, 3.8) is 0 Å². The van der Waals surface area contributed by atoms with E-state index in [9.17, 15) is 4.79 Å². The van der Waals surface area contributed by atoms with Crippen LogP contribution in [0.15, 0.2) is 54.2 Å². The summed E-state index contributed by atoms with van der Waals surface area (Å²) in [6.07, 6.45) is 8.83. The third-order valence-electron chi connectivity index (χ3n) is 5.16. The summed E-state index contributed by atoms with van der Waals surface area (Å²) in [7, 11) is 1.63. The summed E-state index contributed by atoms with van der Waals surface area (Å²) in [5.74, 6) is 1.19. The lowest BCUT2D eigenvalue weighted by atomic mass is 9.96. The normalized spacial score (nSPS) is 14.4. The van der Waals surface area contributed by atoms with E-state index in [-0.39, 0.29) is 6.04 Å². The number of hydrogen-bond donors (Lipinski definition) is 1. The molecule has 0 radical (unpaired) electrons. The second-order valence-electron chi connectivity index (χ2n) is 7.17. The molecule has 0 saturated heterocycles. The molecule has 0 spiro atoms. The van der Waals surface area contributed by atoms with Crippen LogP contribution in [0.1, 0.15) is 32.1 Å². The maximum absolute atomic E-state index is 12.3. The minimum absolute atomic E-state index is 0.209. The van der Waals surface area contributed by atoms with Gasteiger partial charge in [0.05, 0.1) is 7.11 Å². The Kier molecular flexibility index (Phi) is 6.10. The minimum Gasteiger partial charge on any atom is -0.496 e. The minimum atomic E-state index is -0.404. The lowest BCUT2D eigenvalue weighted by molar-refractivity contribution is 0.192. The average Bonchev–Trinajstić information content (AvgIpc) is 3.29. The number of nitrogens with zero attached hydrogens (tertiary/aromatic N) is 1. The number of carbonyl (C=O) groups excluding carboxylic acids is 1. The summed E-state index contributed by atoms with van der Waals surface area (Å²) in [5.41, 5.74) is 2.79. The topological polar surface area (TPSA) is 60.5 Å². The van der Waals surface area contributed by atoms with Crippen LogP contribution in [0.4, 0.5) is 4.79 Å². The second-order valence-corrected chi connectivity index (χ2v) is 8.12. The third-order valence-corrected chi connectivity index (χ3v) is 6.08. The van der Waals surface area contributed by atoms with Gasteiger partial charge in [0, 0.05) is 40.0 Å². The van der Waals surface area contributed by atoms with E-state index < -0.39 is 6.09 Å². The van der Waals surface area contributed by atoms with E-state index in [0.29, 0.717) is 11.5 Å². The van der Waals surface area contributed by atoms with E-state index in [2.05, 4.69) is 22.4 Å². The highest BCUT2D eigenvalue weighted by Gasteiger charge is 2.17. The summed E-state index contributed by atoms with van der Waals surface area (Å²) < 4.78 is 11.1. The maximum atomic E-state index is 12.3. The van der Waals surface area contributed by atoms with Crippen molar-refractivity contribution in [3.8, 4) is 33.1 Å². The van der Waals surface area contributed by atoms with Gasteiger partial charge >= 0.3 is 6.09 Å². The highest BCUT2D eigenvalue weighted by molar-refractivity contribution is 7.13. The summed E-state index contributed by atoms with van der Waals surface area (Å²) >= 11 is 1.67. The van der Waals surface area contributed by atoms with E-state index in [1.54, 1.807) is 30.7 Å². The average molecular weight is 409 g/mol. The van der Waals surface area contributed by atoms with Crippen LogP contribution >= 0.6 is 11.3 Å². The van der Waals surface area contributed by atoms with Gasteiger partial charge < -0.3 is 14.8 Å². The van der Waals surface area contributed by atoms with Gasteiger partial charge in [0.1, 0.15) is 11.5 Å². The molecule has 2 heterocycles. The van der Waals surface area contributed by atoms with Crippen molar-refractivity contribution in [1.82, 2.24) is 10.3 Å². The van der Waals surface area contributed by atoms with E-state index in [4.69, 9.17) is 9.47 Å². The molecule has 0 aliphatic heterocycles. The molecular formula is C23H24N2O3S. The first-order valence-electron chi connectivity index (χ1n) is 9.88. The van der Waals surface area contributed by atoms with Gasteiger partial charge in [0.2, 0.25) is 0 Å². The lowest BCUT2D eigenvalue weighted by Gasteiger charge is -2.22. The summed E-state index contributed by atoms with van der Waals surface area (Å²) in [6, 6.07) is 11.8. The largest absolute Gasteiger partial charge is 0.496 e. The van der Waals surface area contributed by atoms with E-state index in [1.807, 2.05) is 29.8 Å². The molecule has 0 atom stereocenters. The van der Waals surface area contributed by atoms with Crippen molar-refractivity contribution < 1.29 is 14.3 Å². The number of hydrogen-bond acceptors (Lipinski definition) is 5. The SMILES string of the molecule is COc1ccc(OC(=O)NC2CCCCC2)cc1-c1cncc(-c2cccs2)c1. The number of thiophene rings is 1. The fourth-order valence-electron chi connectivity index (χ4n) is 3.69. The van der Waals surface area contributed by atoms with Crippen molar-refractivity contribution >= 4 is 17.4 Å². The van der Waals surface area contributed by atoms with Gasteiger partial charge in [-0.1, -0.05) is 25.3 Å². The van der Waals surface area contributed by atoms with Crippen molar-refractivity contribution in [2.24, 2.45) is 0 Å². The molecular weight excluding hydrogens is 384 g/mol. The summed E-state index contributed by atoms with van der Waals surface area (Å²) in [4.78, 5) is 17.9. The number of nitrogens with one attached hydrogen (secondary N) is 1. The Hall–Kier alpha value is -2.86. The molecule has 1 aromatic carbocycles. The van der Waals surface area contributed by atoms with Crippen molar-refractivity contribution in [2.75, 3.05) is 7.11 Å². The Morgan fingerprint density at radius 2 is 1.93 bits per heavy atom. The highest BCUT2D eigenvalue weighted by atomic mass is 32.1. The number of ether oxygens (including phenoxy) is 2. The molecule has 5 nitrogen and oxygen atoms in total. The smallest absolute Gasteiger partial charge is 0.412 e. The van der Waals surface area contributed by atoms with Crippen LogP contribution in [0, 0.1) is 0 Å². The van der Waals surface area contributed by atoms with Gasteiger partial charge in [-0.25, -0.2) is 4.79 Å². The summed E-state index contributed by atoms with van der Waals surface area (Å²) in [5, 5.41) is 5.02. The van der Waals surface area contributed by atoms with Crippen LogP contribution in [0.3, 0.4) is 0 Å². The first-order valence-corrected chi connectivity index (χ1v) is 10.8. The Labute approximate surface area is 174 Å². The van der Waals surface area contributed by atoms with Crippen LogP contribution < -0.4 is 14.8 Å². The zero-order valence-corrected chi connectivity index (χ0v) is 17.2. The zero-order chi connectivity index (χ0) is 20.1. The molecule has 1 aliphatic carbocycles. The van der Waals surface area contributed by atoms with Gasteiger partial charge in [-0.05, 0) is 48.6 Å². The standard InChI is InChI=1S/C23H24N2O3S/c1-27-21-10-9-19(28-23(26)25-18-6-3-2-4-7-18)13-20(21)16-12-17(15-24-14-16)22-8-5-11-29-22/h5,8-15,18H,2-4,6-7H2,1H3,(H,25,26). The molecule has 150 valence electrons. The van der Waals surface area contributed by atoms with Crippen molar-refractivity contribution in [1.29, 1.82) is 0 Å². The fraction of sp³-hybridized carbons (Fsp3) is 0.304. The molecule has 2 aromatic heterocycles. The third kappa shape index (κ3) is 4.77. The Balaban J connectivity index is 1.55. The molecule has 0 unspecified atom stereocenters. The predicted octanol–water partition coefficient (Wildman–Crippen LogP) is 5.91. The summed E-state index contributed by atoms with van der Waals surface area (Å²) in [6.45, 7) is 0. The predicted molar refractivity (Wildman–Crippen MR) is 116 cm³/mol. The van der Waals surface area contributed by atoms with Crippen LogP contribution in [0.25, 0.3) is 21.6 Å². The van der Waals surface area contributed by atoms with E-state index in [1.165, 1.54) is 6.42 Å². The first-order chi connectivity index (χ1) is 14.2. The lowest BCUT2D eigenvalue weighted by Crippen LogP contribution is -2.37. The number of methoxy groups -OCH3 is 1. The highest BCUT2D eigenvalue weighted by Crippen LogP contribution is 2.35. The van der Waals surface area contributed by atoms with Gasteiger partial charge in [-0.15, -0.1) is 11.3 Å². The van der Waals surface area contributed by atoms with Crippen molar-refractivity contribution in [2.45, 2.75) is 38.1 Å². The van der Waals surface area contributed by atoms with E-state index >= 15 is 0 Å². The maximum Gasteiger partial charge on any atom is 0.412 e. The number of carbonyl (C=O) groups is 1. The van der Waals surface area contributed by atoms with Crippen LogP contribution in [-0.2, 0) is 0 Å². The Morgan fingerprint density at radius 1 is 1.10 bits per heavy atom. The van der Waals surface area contributed by atoms with Gasteiger partial charge in [0.25, 0.3) is 0 Å². The number of rotatable bonds is 5. The molecule has 0 bridgehead atoms. The molecule has 4 rings (SSSR count). The van der Waals surface area contributed by atoms with Gasteiger partial charge in [-0.2, -0.15) is 0 Å². The zero-order valence-electron chi connectivity index (χ0n) is 16.4. The molecule has 1 N–H and O–H groups in total. The quantitative estimate of drug-likeness (QED) is 0.570. The van der Waals surface area contributed by atoms with Crippen LogP contribution in [0.2, 0.25) is 0 Å². The first kappa shape index (κ1) is 19.5. The molecule has 3 aromatic rings. The van der Waals surface area contributed by atoms with Crippen LogP contribution in [-0.4, -0.2) is 24.2 Å². The Morgan fingerprint density at radius 3 is 2.69 bits per heavy atom. The fourth-order valence-corrected chi connectivity index (χ4v) is 4.40. The second kappa shape index (κ2) is 9.09. The Bertz CT molecular complexity index is 966. The number of amides is 1. The molecule has 1 saturated carbocycles. The monoisotopic (exact) mass is 408 g/mol. The van der Waals surface area contributed by atoms with Gasteiger partial charge in [0.15, 0.2) is 0 Å². The molecule has 1 amide bonds. The molecule has 29 heavy (non-hydrogen) atoms. The van der Waals surface area contributed by atoms with E-state index in [0.717, 1.165) is 47.3 Å². The number of aromatic nitrogens is 1. The van der Waals surface area contributed by atoms with Crippen LogP contribution in [0.5, 0.6) is 11.5 Å².